The van der Waals surface area contributed by atoms with Gasteiger partial charge in [-0.15, -0.1) is 0 Å². The van der Waals surface area contributed by atoms with Crippen molar-refractivity contribution in [3.8, 4) is 0 Å². The van der Waals surface area contributed by atoms with Gasteiger partial charge in [-0.05, 0) is 150 Å². The van der Waals surface area contributed by atoms with Gasteiger partial charge in [0.15, 0.2) is 0 Å². The van der Waals surface area contributed by atoms with Crippen LogP contribution in [0.3, 0.4) is 0 Å². The number of anilines is 3. The van der Waals surface area contributed by atoms with E-state index in [0.29, 0.717) is 48.3 Å². The van der Waals surface area contributed by atoms with Crippen molar-refractivity contribution in [1.29, 1.82) is 0 Å². The van der Waals surface area contributed by atoms with Crippen LogP contribution in [-0.4, -0.2) is 109 Å². The maximum Gasteiger partial charge on any atom is 0.0644 e. The molecule has 3 aliphatic heterocycles. The fraction of sp³-hybridized carbons (Fsp3) is 0.625. The summed E-state index contributed by atoms with van der Waals surface area (Å²) in [5.74, 6) is 0. The minimum atomic E-state index is 0.463. The first-order valence-electron chi connectivity index (χ1n) is 21.5. The van der Waals surface area contributed by atoms with Crippen LogP contribution in [0.15, 0.2) is 54.6 Å². The summed E-state index contributed by atoms with van der Waals surface area (Å²) in [6, 6.07) is 24.7. The number of rotatable bonds is 11. The first kappa shape index (κ1) is 41.9. The number of halogens is 1. The van der Waals surface area contributed by atoms with E-state index in [0.717, 1.165) is 44.3 Å². The largest absolute Gasteiger partial charge is 0.368 e. The van der Waals surface area contributed by atoms with Crippen LogP contribution in [0, 0.1) is 34.6 Å². The topological polar surface area (TPSA) is 19.4 Å². The molecule has 6 nitrogen and oxygen atoms in total. The highest BCUT2D eigenvalue weighted by atomic mass is 35.5. The monoisotopic (exact) mass is 769 g/mol. The van der Waals surface area contributed by atoms with E-state index in [1.54, 1.807) is 0 Å². The number of piperazine rings is 3. The SMILES string of the molecule is Cc1ccc(N2C[C@@H](CC[C@H]3CN(c4ccc(C)cc4C)C[C@@H](C)N3C(C)C)N(C(C)C)[C@@H](CC[C@@H]3CN(c4c(C)cc(C)cc4Cl)C[C@H](C)N3C)C2)cc1. The fourth-order valence-electron chi connectivity index (χ4n) is 10.9. The molecule has 0 bridgehead atoms. The number of hydrogen-bond acceptors (Lipinski definition) is 6. The van der Waals surface area contributed by atoms with E-state index in [4.69, 9.17) is 11.6 Å². The maximum atomic E-state index is 6.95. The molecule has 3 aliphatic rings. The van der Waals surface area contributed by atoms with Crippen molar-refractivity contribution in [1.82, 2.24) is 14.7 Å². The third-order valence-electron chi connectivity index (χ3n) is 13.4. The van der Waals surface area contributed by atoms with Crippen molar-refractivity contribution in [2.75, 3.05) is 61.0 Å². The van der Waals surface area contributed by atoms with Crippen molar-refractivity contribution in [2.24, 2.45) is 0 Å². The zero-order chi connectivity index (χ0) is 39.7. The van der Waals surface area contributed by atoms with Gasteiger partial charge in [0.25, 0.3) is 0 Å². The second kappa shape index (κ2) is 17.8. The lowest BCUT2D eigenvalue weighted by Gasteiger charge is -2.52. The average Bonchev–Trinajstić information content (AvgIpc) is 3.10. The van der Waals surface area contributed by atoms with Gasteiger partial charge in [-0.2, -0.15) is 0 Å². The lowest BCUT2D eigenvalue weighted by atomic mass is 9.91. The number of nitrogens with zero attached hydrogens (tertiary/aromatic N) is 6. The standard InChI is InChI=1S/C48H73ClN6/c1-32(2)54-40(11)27-52(47-22-15-35(6)23-37(47)8)31-43(54)20-21-45-30-51(41-16-13-34(5)14-17-41)29-44(55(45)33(3)4)19-18-42-28-53(26-39(10)50(42)12)48-38(9)24-36(7)25-46(48)49/h13-17,22-25,32-33,39-40,42-45H,18-21,26-31H2,1-12H3/t39-,40+,42+,43-,44-,45+/m0/s1. The molecule has 7 heteroatoms. The molecule has 6 rings (SSSR count). The first-order valence-corrected chi connectivity index (χ1v) is 21.9. The van der Waals surface area contributed by atoms with Crippen molar-refractivity contribution in [3.05, 3.63) is 87.4 Å². The van der Waals surface area contributed by atoms with E-state index in [2.05, 4.69) is 167 Å². The van der Waals surface area contributed by atoms with Crippen LogP contribution in [0.5, 0.6) is 0 Å². The number of hydrogen-bond donors (Lipinski definition) is 0. The Kier molecular flexibility index (Phi) is 13.5. The zero-order valence-electron chi connectivity index (χ0n) is 36.4. The zero-order valence-corrected chi connectivity index (χ0v) is 37.2. The molecule has 3 aromatic carbocycles. The molecule has 0 radical (unpaired) electrons. The van der Waals surface area contributed by atoms with Gasteiger partial charge in [0.2, 0.25) is 0 Å². The predicted octanol–water partition coefficient (Wildman–Crippen LogP) is 9.91. The summed E-state index contributed by atoms with van der Waals surface area (Å²) in [6.07, 6.45) is 4.78. The molecule has 0 amide bonds. The predicted molar refractivity (Wildman–Crippen MR) is 239 cm³/mol. The van der Waals surface area contributed by atoms with Crippen LogP contribution in [-0.2, 0) is 0 Å². The Morgan fingerprint density at radius 3 is 1.64 bits per heavy atom. The second-order valence-corrected chi connectivity index (χ2v) is 18.9. The average molecular weight is 770 g/mol. The Balaban J connectivity index is 1.24. The minimum absolute atomic E-state index is 0.463. The smallest absolute Gasteiger partial charge is 0.0644 e. The van der Waals surface area contributed by atoms with Crippen LogP contribution in [0.1, 0.15) is 95.0 Å². The highest BCUT2D eigenvalue weighted by molar-refractivity contribution is 6.33. The summed E-state index contributed by atoms with van der Waals surface area (Å²) in [7, 11) is 2.35. The normalized spacial score (nSPS) is 26.1. The quantitative estimate of drug-likeness (QED) is 0.192. The summed E-state index contributed by atoms with van der Waals surface area (Å²) in [5, 5.41) is 0.892. The third kappa shape index (κ3) is 9.52. The van der Waals surface area contributed by atoms with Crippen LogP contribution < -0.4 is 14.7 Å². The highest BCUT2D eigenvalue weighted by Crippen LogP contribution is 2.36. The lowest BCUT2D eigenvalue weighted by Crippen LogP contribution is -2.63. The lowest BCUT2D eigenvalue weighted by molar-refractivity contribution is 0.0394. The second-order valence-electron chi connectivity index (χ2n) is 18.5. The van der Waals surface area contributed by atoms with Crippen molar-refractivity contribution < 1.29 is 0 Å². The van der Waals surface area contributed by atoms with E-state index in [-0.39, 0.29) is 0 Å². The van der Waals surface area contributed by atoms with E-state index in [9.17, 15) is 0 Å². The molecule has 0 N–H and O–H groups in total. The van der Waals surface area contributed by atoms with Gasteiger partial charge in [0.05, 0.1) is 10.7 Å². The van der Waals surface area contributed by atoms with Gasteiger partial charge in [-0.25, -0.2) is 0 Å². The minimum Gasteiger partial charge on any atom is -0.368 e. The maximum absolute atomic E-state index is 6.95. The molecule has 55 heavy (non-hydrogen) atoms. The molecule has 3 heterocycles. The van der Waals surface area contributed by atoms with Crippen LogP contribution in [0.2, 0.25) is 5.02 Å². The van der Waals surface area contributed by atoms with Crippen molar-refractivity contribution in [3.63, 3.8) is 0 Å². The summed E-state index contributed by atoms with van der Waals surface area (Å²) in [4.78, 5) is 16.4. The summed E-state index contributed by atoms with van der Waals surface area (Å²) in [5.41, 5.74) is 10.6. The van der Waals surface area contributed by atoms with Crippen LogP contribution in [0.25, 0.3) is 0 Å². The molecule has 3 fully saturated rings. The molecule has 0 aliphatic carbocycles. The Morgan fingerprint density at radius 1 is 0.545 bits per heavy atom. The van der Waals surface area contributed by atoms with Crippen molar-refractivity contribution >= 4 is 28.7 Å². The van der Waals surface area contributed by atoms with Gasteiger partial charge < -0.3 is 14.7 Å². The van der Waals surface area contributed by atoms with Gasteiger partial charge in [-0.3, -0.25) is 14.7 Å². The Hall–Kier alpha value is -2.77. The highest BCUT2D eigenvalue weighted by Gasteiger charge is 2.40. The van der Waals surface area contributed by atoms with Crippen LogP contribution in [0.4, 0.5) is 17.1 Å². The van der Waals surface area contributed by atoms with Gasteiger partial charge in [0, 0.05) is 99.0 Å². The fourth-order valence-corrected chi connectivity index (χ4v) is 11.3. The summed E-state index contributed by atoms with van der Waals surface area (Å²) >= 11 is 6.95. The molecule has 0 saturated carbocycles. The van der Waals surface area contributed by atoms with Crippen molar-refractivity contribution in [2.45, 2.75) is 150 Å². The van der Waals surface area contributed by atoms with E-state index in [1.807, 2.05) is 0 Å². The molecule has 6 atom stereocenters. The summed E-state index contributed by atoms with van der Waals surface area (Å²) < 4.78 is 0. The Labute approximate surface area is 340 Å². The van der Waals surface area contributed by atoms with Gasteiger partial charge in [-0.1, -0.05) is 53.1 Å². The van der Waals surface area contributed by atoms with E-state index in [1.165, 1.54) is 70.6 Å². The molecule has 302 valence electrons. The molecule has 3 saturated heterocycles. The van der Waals surface area contributed by atoms with E-state index < -0.39 is 0 Å². The van der Waals surface area contributed by atoms with E-state index >= 15 is 0 Å². The Morgan fingerprint density at radius 2 is 1.05 bits per heavy atom. The molecule has 0 aromatic heterocycles. The number of likely N-dealkylation sites (N-methyl/N-ethyl adjacent to an activating group) is 1. The van der Waals surface area contributed by atoms with Crippen LogP contribution >= 0.6 is 11.6 Å². The van der Waals surface area contributed by atoms with Gasteiger partial charge >= 0.3 is 0 Å². The molecule has 0 unspecified atom stereocenters. The molecule has 3 aromatic rings. The third-order valence-corrected chi connectivity index (χ3v) is 13.7. The van der Waals surface area contributed by atoms with Gasteiger partial charge in [0.1, 0.15) is 0 Å². The summed E-state index contributed by atoms with van der Waals surface area (Å²) in [6.45, 7) is 32.0. The number of benzene rings is 3. The molecular weight excluding hydrogens is 696 g/mol. The Bertz CT molecular complexity index is 1700. The molecule has 0 spiro atoms. The molecular formula is C48H73ClN6. The number of aryl methyl sites for hydroxylation is 5. The first-order chi connectivity index (χ1) is 26.1.